The second-order valence-corrected chi connectivity index (χ2v) is 3.54. The average molecular weight is 188 g/mol. The molecule has 0 radical (unpaired) electrons. The molecule has 76 valence electrons. The van der Waals surface area contributed by atoms with E-state index in [1.807, 2.05) is 0 Å². The normalized spacial score (nSPS) is 11.0. The Labute approximate surface area is 87.7 Å². The quantitative estimate of drug-likeness (QED) is 0.609. The summed E-state index contributed by atoms with van der Waals surface area (Å²) in [6.07, 6.45) is 9.18. The molecule has 0 aliphatic heterocycles. The van der Waals surface area contributed by atoms with E-state index in [0.717, 1.165) is 12.8 Å². The highest BCUT2D eigenvalue weighted by Crippen LogP contribution is 2.11. The van der Waals surface area contributed by atoms with E-state index in [-0.39, 0.29) is 0 Å². The molecule has 0 heteroatoms. The van der Waals surface area contributed by atoms with Crippen molar-refractivity contribution in [1.82, 2.24) is 0 Å². The Bertz CT molecular complexity index is 284. The van der Waals surface area contributed by atoms with Gasteiger partial charge in [0.05, 0.1) is 0 Å². The lowest BCUT2D eigenvalue weighted by molar-refractivity contribution is 0.955. The summed E-state index contributed by atoms with van der Waals surface area (Å²) in [5, 5.41) is 0. The Balaban J connectivity index is 2.53. The minimum Gasteiger partial charge on any atom is -0.0888 e. The van der Waals surface area contributed by atoms with E-state index in [4.69, 9.17) is 0 Å². The minimum atomic E-state index is 1.15. The molecule has 0 fully saturated rings. The fourth-order valence-corrected chi connectivity index (χ4v) is 1.67. The molecule has 0 atom stereocenters. The highest BCUT2D eigenvalue weighted by Gasteiger charge is 1.97. The Morgan fingerprint density at radius 2 is 1.71 bits per heavy atom. The SMILES string of the molecule is CCC=CCCc1ccccc1CC. The summed E-state index contributed by atoms with van der Waals surface area (Å²) in [6, 6.07) is 8.75. The predicted octanol–water partition coefficient (Wildman–Crippen LogP) is 4.15. The Morgan fingerprint density at radius 1 is 1.00 bits per heavy atom. The lowest BCUT2D eigenvalue weighted by Gasteiger charge is -2.05. The van der Waals surface area contributed by atoms with Gasteiger partial charge in [0.1, 0.15) is 0 Å². The van der Waals surface area contributed by atoms with E-state index in [0.29, 0.717) is 0 Å². The maximum absolute atomic E-state index is 2.28. The zero-order valence-electron chi connectivity index (χ0n) is 9.29. The average Bonchev–Trinajstić information content (AvgIpc) is 2.25. The molecule has 0 spiro atoms. The smallest absolute Gasteiger partial charge is 0.0241 e. The van der Waals surface area contributed by atoms with Gasteiger partial charge in [-0.2, -0.15) is 0 Å². The van der Waals surface area contributed by atoms with Crippen LogP contribution in [0.15, 0.2) is 36.4 Å². The van der Waals surface area contributed by atoms with Crippen LogP contribution >= 0.6 is 0 Å². The summed E-state index contributed by atoms with van der Waals surface area (Å²) in [4.78, 5) is 0. The molecule has 0 bridgehead atoms. The standard InChI is InChI=1S/C14H20/c1-3-5-6-7-11-14-12-9-8-10-13(14)4-2/h5-6,8-10,12H,3-4,7,11H2,1-2H3. The topological polar surface area (TPSA) is 0 Å². The van der Waals surface area contributed by atoms with Gasteiger partial charge < -0.3 is 0 Å². The van der Waals surface area contributed by atoms with Crippen molar-refractivity contribution in [3.63, 3.8) is 0 Å². The van der Waals surface area contributed by atoms with Crippen LogP contribution in [-0.2, 0) is 12.8 Å². The van der Waals surface area contributed by atoms with E-state index in [2.05, 4.69) is 50.3 Å². The van der Waals surface area contributed by atoms with E-state index in [1.165, 1.54) is 24.0 Å². The summed E-state index contributed by atoms with van der Waals surface area (Å²) in [6.45, 7) is 4.40. The van der Waals surface area contributed by atoms with Crippen molar-refractivity contribution in [2.24, 2.45) is 0 Å². The molecule has 0 N–H and O–H groups in total. The summed E-state index contributed by atoms with van der Waals surface area (Å²) >= 11 is 0. The first-order valence-electron chi connectivity index (χ1n) is 5.60. The number of allylic oxidation sites excluding steroid dienone is 2. The van der Waals surface area contributed by atoms with E-state index >= 15 is 0 Å². The summed E-state index contributed by atoms with van der Waals surface area (Å²) in [5.74, 6) is 0. The summed E-state index contributed by atoms with van der Waals surface area (Å²) < 4.78 is 0. The van der Waals surface area contributed by atoms with Crippen molar-refractivity contribution in [3.05, 3.63) is 47.5 Å². The van der Waals surface area contributed by atoms with Crippen molar-refractivity contribution >= 4 is 0 Å². The number of hydrogen-bond acceptors (Lipinski definition) is 0. The maximum Gasteiger partial charge on any atom is -0.0241 e. The first kappa shape index (κ1) is 11.0. The minimum absolute atomic E-state index is 1.15. The van der Waals surface area contributed by atoms with Gasteiger partial charge in [0.25, 0.3) is 0 Å². The fraction of sp³-hybridized carbons (Fsp3) is 0.429. The van der Waals surface area contributed by atoms with Crippen LogP contribution in [0, 0.1) is 0 Å². The Kier molecular flexibility index (Phi) is 5.06. The molecule has 14 heavy (non-hydrogen) atoms. The maximum atomic E-state index is 2.28. The van der Waals surface area contributed by atoms with Gasteiger partial charge in [-0.05, 0) is 36.8 Å². The van der Waals surface area contributed by atoms with Gasteiger partial charge in [0.2, 0.25) is 0 Å². The second-order valence-electron chi connectivity index (χ2n) is 3.54. The van der Waals surface area contributed by atoms with Crippen LogP contribution in [0.5, 0.6) is 0 Å². The van der Waals surface area contributed by atoms with E-state index in [9.17, 15) is 0 Å². The third-order valence-electron chi connectivity index (χ3n) is 2.48. The largest absolute Gasteiger partial charge is 0.0888 e. The molecule has 0 saturated carbocycles. The van der Waals surface area contributed by atoms with Gasteiger partial charge in [0.15, 0.2) is 0 Å². The van der Waals surface area contributed by atoms with E-state index < -0.39 is 0 Å². The van der Waals surface area contributed by atoms with Crippen LogP contribution < -0.4 is 0 Å². The Hall–Kier alpha value is -1.04. The van der Waals surface area contributed by atoms with Crippen LogP contribution in [-0.4, -0.2) is 0 Å². The van der Waals surface area contributed by atoms with Gasteiger partial charge >= 0.3 is 0 Å². The molecule has 0 aliphatic rings. The van der Waals surface area contributed by atoms with Crippen molar-refractivity contribution in [2.45, 2.75) is 39.5 Å². The van der Waals surface area contributed by atoms with Crippen LogP contribution in [0.2, 0.25) is 0 Å². The van der Waals surface area contributed by atoms with Gasteiger partial charge in [-0.3, -0.25) is 0 Å². The molecule has 1 rings (SSSR count). The van der Waals surface area contributed by atoms with Gasteiger partial charge in [-0.1, -0.05) is 50.3 Å². The third kappa shape index (κ3) is 3.37. The Morgan fingerprint density at radius 3 is 2.36 bits per heavy atom. The molecule has 1 aromatic carbocycles. The molecule has 0 nitrogen and oxygen atoms in total. The summed E-state index contributed by atoms with van der Waals surface area (Å²) in [7, 11) is 0. The number of rotatable bonds is 5. The molecule has 0 aromatic heterocycles. The van der Waals surface area contributed by atoms with Crippen molar-refractivity contribution in [1.29, 1.82) is 0 Å². The van der Waals surface area contributed by atoms with Crippen LogP contribution in [0.1, 0.15) is 37.8 Å². The first-order chi connectivity index (χ1) is 6.88. The molecule has 0 amide bonds. The number of hydrogen-bond donors (Lipinski definition) is 0. The lowest BCUT2D eigenvalue weighted by Crippen LogP contribution is -1.91. The molecular formula is C14H20. The molecule has 0 heterocycles. The van der Waals surface area contributed by atoms with Crippen LogP contribution in [0.3, 0.4) is 0 Å². The summed E-state index contributed by atoms with van der Waals surface area (Å²) in [5.41, 5.74) is 3.01. The molecular weight excluding hydrogens is 168 g/mol. The number of benzene rings is 1. The lowest BCUT2D eigenvalue weighted by atomic mass is 10.0. The van der Waals surface area contributed by atoms with Crippen LogP contribution in [0.4, 0.5) is 0 Å². The molecule has 0 aliphatic carbocycles. The van der Waals surface area contributed by atoms with Crippen molar-refractivity contribution < 1.29 is 0 Å². The number of aryl methyl sites for hydroxylation is 2. The highest BCUT2D eigenvalue weighted by molar-refractivity contribution is 5.27. The second kappa shape index (κ2) is 6.42. The zero-order chi connectivity index (χ0) is 10.2. The molecule has 1 aromatic rings. The van der Waals surface area contributed by atoms with Crippen molar-refractivity contribution in [3.8, 4) is 0 Å². The third-order valence-corrected chi connectivity index (χ3v) is 2.48. The van der Waals surface area contributed by atoms with Gasteiger partial charge in [0, 0.05) is 0 Å². The first-order valence-corrected chi connectivity index (χ1v) is 5.60. The molecule has 0 saturated heterocycles. The monoisotopic (exact) mass is 188 g/mol. The van der Waals surface area contributed by atoms with Gasteiger partial charge in [-0.25, -0.2) is 0 Å². The fourth-order valence-electron chi connectivity index (χ4n) is 1.67. The van der Waals surface area contributed by atoms with Crippen LogP contribution in [0.25, 0.3) is 0 Å². The van der Waals surface area contributed by atoms with Crippen molar-refractivity contribution in [2.75, 3.05) is 0 Å². The zero-order valence-corrected chi connectivity index (χ0v) is 9.29. The van der Waals surface area contributed by atoms with Gasteiger partial charge in [-0.15, -0.1) is 0 Å². The molecule has 0 unspecified atom stereocenters. The predicted molar refractivity (Wildman–Crippen MR) is 63.6 cm³/mol. The van der Waals surface area contributed by atoms with E-state index in [1.54, 1.807) is 0 Å². The highest BCUT2D eigenvalue weighted by atomic mass is 14.0.